The molecule has 0 saturated carbocycles. The van der Waals surface area contributed by atoms with E-state index in [2.05, 4.69) is 22.0 Å². The van der Waals surface area contributed by atoms with Crippen molar-refractivity contribution >= 4 is 31.3 Å². The topological polar surface area (TPSA) is 311 Å². The Morgan fingerprint density at radius 1 is 0.791 bits per heavy atom. The predicted octanol–water partition coefficient (Wildman–Crippen LogP) is -14.8. The number of nitrogens with one attached hydrogen (secondary N) is 1. The van der Waals surface area contributed by atoms with Gasteiger partial charge in [-0.25, -0.2) is 17.7 Å². The molecule has 0 spiro atoms. The standard InChI is InChI=1S/C15H20N2O18P4.4Na/c18-11-6-7-17(15(21)16-11)14-13(20)12(19)10(31-14)8-30-36(22,23)33-38(26,27)35-39(28,29)34-37(24,25)32-9-4-2-1-3-5-9;;;;/h1-7,10,12-14,19-20H,8H2,(H,22,23)(H,24,25)(H,26,27)(H,28,29)(H,16,18,21);;;;/q;4*+1/p-4/t10-,12?,13+,14-;;;;/m1..../s1. The van der Waals surface area contributed by atoms with Gasteiger partial charge in [0.2, 0.25) is 0 Å². The number of aromatic nitrogens is 2. The molecular weight excluding hydrogens is 712 g/mol. The minimum atomic E-state index is -6.46. The van der Waals surface area contributed by atoms with Crippen molar-refractivity contribution in [1.29, 1.82) is 0 Å². The van der Waals surface area contributed by atoms with E-state index in [1.54, 1.807) is 0 Å². The Labute approximate surface area is 330 Å². The quantitative estimate of drug-likeness (QED) is 0.135. The van der Waals surface area contributed by atoms with Crippen molar-refractivity contribution in [2.45, 2.75) is 24.5 Å². The summed E-state index contributed by atoms with van der Waals surface area (Å²) in [4.78, 5) is 72.0. The molecule has 1 aromatic heterocycles. The van der Waals surface area contributed by atoms with E-state index in [0.29, 0.717) is 4.57 Å². The van der Waals surface area contributed by atoms with Crippen LogP contribution in [0, 0.1) is 0 Å². The molecule has 0 bridgehead atoms. The number of aliphatic hydroxyl groups excluding tert-OH is 2. The number of hydrogen-bond donors (Lipinski definition) is 3. The van der Waals surface area contributed by atoms with Crippen LogP contribution in [-0.2, 0) is 40.5 Å². The van der Waals surface area contributed by atoms with E-state index in [9.17, 15) is 57.6 Å². The summed E-state index contributed by atoms with van der Waals surface area (Å²) in [5, 5.41) is 20.1. The summed E-state index contributed by atoms with van der Waals surface area (Å²) in [5.41, 5.74) is -1.86. The van der Waals surface area contributed by atoms with Gasteiger partial charge >= 0.3 is 132 Å². The number of rotatable bonds is 12. The van der Waals surface area contributed by atoms with Crippen molar-refractivity contribution in [3.05, 3.63) is 63.4 Å². The third kappa shape index (κ3) is 15.1. The molecule has 2 heterocycles. The van der Waals surface area contributed by atoms with Gasteiger partial charge in [0.1, 0.15) is 24.1 Å². The Balaban J connectivity index is 0. The Hall–Kier alpha value is 2.18. The van der Waals surface area contributed by atoms with Gasteiger partial charge in [0.05, 0.1) is 6.61 Å². The van der Waals surface area contributed by atoms with Gasteiger partial charge in [-0.1, -0.05) is 18.2 Å². The number of hydrogen-bond acceptors (Lipinski definition) is 18. The van der Waals surface area contributed by atoms with Crippen LogP contribution < -0.4 is 154 Å². The number of phosphoric ester groups is 2. The third-order valence-corrected chi connectivity index (χ3v) is 10.1. The fourth-order valence-electron chi connectivity index (χ4n) is 2.94. The van der Waals surface area contributed by atoms with Crippen LogP contribution in [0.3, 0.4) is 0 Å². The zero-order valence-electron chi connectivity index (χ0n) is 22.7. The monoisotopic (exact) mass is 728 g/mol. The minimum absolute atomic E-state index is 0. The number of benzene rings is 1. The van der Waals surface area contributed by atoms with Crippen molar-refractivity contribution in [2.75, 3.05) is 6.61 Å². The van der Waals surface area contributed by atoms with Crippen LogP contribution in [0.5, 0.6) is 5.75 Å². The number of ether oxygens (including phenoxy) is 1. The van der Waals surface area contributed by atoms with Crippen molar-refractivity contribution in [1.82, 2.24) is 9.55 Å². The van der Waals surface area contributed by atoms with Crippen molar-refractivity contribution in [3.8, 4) is 5.75 Å². The smallest absolute Gasteiger partial charge is 0.756 e. The first-order valence-corrected chi connectivity index (χ1v) is 15.8. The summed E-state index contributed by atoms with van der Waals surface area (Å²) in [6.07, 6.45) is -6.28. The molecule has 8 atom stereocenters. The van der Waals surface area contributed by atoms with Gasteiger partial charge < -0.3 is 43.6 Å². The molecular formula is C15H16N2Na4O18P4. The number of aromatic amines is 1. The van der Waals surface area contributed by atoms with E-state index in [-0.39, 0.29) is 118 Å². The molecule has 3 N–H and O–H groups in total. The van der Waals surface area contributed by atoms with E-state index in [0.717, 1.165) is 24.4 Å². The van der Waals surface area contributed by atoms with Crippen LogP contribution in [0.2, 0.25) is 0 Å². The zero-order chi connectivity index (χ0) is 29.2. The SMILES string of the molecule is O=c1ccn([C@@H]2O[C@H](COP(=O)([O-])OP(=O)([O-])OP(=O)([O-])OP(=O)([O-])Oc3ccccc3)C(O)[C@@H]2O)c(=O)[nH]1.[Na+].[Na+].[Na+].[Na+]. The number of phosphoric acid groups is 4. The maximum Gasteiger partial charge on any atom is 1.00 e. The first-order valence-electron chi connectivity index (χ1n) is 9.99. The van der Waals surface area contributed by atoms with E-state index in [1.165, 1.54) is 18.2 Å². The average molecular weight is 728 g/mol. The normalized spacial score (nSPS) is 25.0. The summed E-state index contributed by atoms with van der Waals surface area (Å²) in [6, 6.07) is 7.07. The number of H-pyrrole nitrogens is 1. The summed E-state index contributed by atoms with van der Waals surface area (Å²) < 4.78 is 71.9. The Kier molecular flexibility index (Phi) is 21.3. The maximum absolute atomic E-state index is 11.9. The van der Waals surface area contributed by atoms with Gasteiger partial charge in [0.25, 0.3) is 29.0 Å². The van der Waals surface area contributed by atoms with Crippen molar-refractivity contribution in [3.63, 3.8) is 0 Å². The van der Waals surface area contributed by atoms with E-state index in [4.69, 9.17) is 4.74 Å². The average Bonchev–Trinajstić information content (AvgIpc) is 3.04. The van der Waals surface area contributed by atoms with E-state index in [1.807, 2.05) is 4.98 Å². The van der Waals surface area contributed by atoms with Gasteiger partial charge in [0, 0.05) is 12.3 Å². The third-order valence-electron chi connectivity index (χ3n) is 4.42. The minimum Gasteiger partial charge on any atom is -0.756 e. The summed E-state index contributed by atoms with van der Waals surface area (Å²) in [6.45, 7) is -1.25. The van der Waals surface area contributed by atoms with Crippen LogP contribution in [0.15, 0.2) is 52.2 Å². The molecule has 5 unspecified atom stereocenters. The van der Waals surface area contributed by atoms with Crippen molar-refractivity contribution in [2.24, 2.45) is 0 Å². The molecule has 1 fully saturated rings. The molecule has 1 saturated heterocycles. The second kappa shape index (κ2) is 19.4. The molecule has 0 aliphatic carbocycles. The number of aliphatic hydroxyl groups is 2. The van der Waals surface area contributed by atoms with Crippen LogP contribution in [-0.4, -0.2) is 44.7 Å². The van der Waals surface area contributed by atoms with Gasteiger partial charge in [0.15, 0.2) is 6.23 Å². The fraction of sp³-hybridized carbons (Fsp3) is 0.333. The molecule has 2 aromatic rings. The first-order chi connectivity index (χ1) is 17.9. The van der Waals surface area contributed by atoms with Gasteiger partial charge in [-0.15, -0.1) is 0 Å². The van der Waals surface area contributed by atoms with Crippen LogP contribution in [0.1, 0.15) is 6.23 Å². The molecule has 1 aromatic carbocycles. The van der Waals surface area contributed by atoms with Gasteiger partial charge in [-0.05, 0) is 12.1 Å². The molecule has 1 aliphatic rings. The second-order valence-corrected chi connectivity index (χ2v) is 13.3. The molecule has 28 heteroatoms. The summed E-state index contributed by atoms with van der Waals surface area (Å²) >= 11 is 0. The molecule has 218 valence electrons. The largest absolute Gasteiger partial charge is 1.00 e. The summed E-state index contributed by atoms with van der Waals surface area (Å²) in [5.74, 6) is -0.427. The first kappa shape index (κ1) is 47.3. The predicted molar refractivity (Wildman–Crippen MR) is 114 cm³/mol. The number of para-hydroxylation sites is 1. The molecule has 1 aliphatic heterocycles. The maximum atomic E-state index is 11.9. The molecule has 43 heavy (non-hydrogen) atoms. The second-order valence-electron chi connectivity index (χ2n) is 7.30. The van der Waals surface area contributed by atoms with Crippen molar-refractivity contribution < 1.29 is 193 Å². The zero-order valence-corrected chi connectivity index (χ0v) is 34.3. The Morgan fingerprint density at radius 2 is 1.30 bits per heavy atom. The molecule has 0 radical (unpaired) electrons. The van der Waals surface area contributed by atoms with Crippen LogP contribution in [0.25, 0.3) is 0 Å². The van der Waals surface area contributed by atoms with Gasteiger partial charge in [-0.2, -0.15) is 0 Å². The van der Waals surface area contributed by atoms with Gasteiger partial charge in [-0.3, -0.25) is 32.6 Å². The van der Waals surface area contributed by atoms with E-state index < -0.39 is 79.4 Å². The van der Waals surface area contributed by atoms with E-state index >= 15 is 0 Å². The summed E-state index contributed by atoms with van der Waals surface area (Å²) in [7, 11) is -24.7. The van der Waals surface area contributed by atoms with Crippen LogP contribution >= 0.6 is 31.3 Å². The molecule has 0 amide bonds. The number of nitrogens with zero attached hydrogens (tertiary/aromatic N) is 1. The molecule has 3 rings (SSSR count). The molecule has 20 nitrogen and oxygen atoms in total. The van der Waals surface area contributed by atoms with Crippen LogP contribution in [0.4, 0.5) is 0 Å². The Morgan fingerprint density at radius 3 is 1.84 bits per heavy atom. The fourth-order valence-corrected chi connectivity index (χ4v) is 7.68. The Bertz CT molecular complexity index is 1500.